The van der Waals surface area contributed by atoms with Gasteiger partial charge in [-0.25, -0.2) is 0 Å². The van der Waals surface area contributed by atoms with Crippen LogP contribution >= 0.6 is 0 Å². The minimum atomic E-state index is 0.339. The number of unbranched alkanes of at least 4 members (excludes halogenated alkanes) is 4. The maximum absolute atomic E-state index is 8.69. The Morgan fingerprint density at radius 1 is 1.40 bits per heavy atom. The highest BCUT2D eigenvalue weighted by molar-refractivity contribution is 5.46. The van der Waals surface area contributed by atoms with E-state index in [1.807, 2.05) is 6.07 Å². The molecule has 15 heavy (non-hydrogen) atoms. The van der Waals surface area contributed by atoms with E-state index in [4.69, 9.17) is 11.0 Å². The summed E-state index contributed by atoms with van der Waals surface area (Å²) in [5.74, 6) is 0.339. The second kappa shape index (κ2) is 6.07. The van der Waals surface area contributed by atoms with Gasteiger partial charge in [0.05, 0.1) is 0 Å². The van der Waals surface area contributed by atoms with Crippen LogP contribution in [0, 0.1) is 11.3 Å². The van der Waals surface area contributed by atoms with Crippen LogP contribution in [0.25, 0.3) is 0 Å². The number of nitrogens with two attached hydrogens (primary N) is 1. The number of nitrogen functional groups attached to an aromatic ring is 1. The first kappa shape index (κ1) is 11.6. The van der Waals surface area contributed by atoms with Gasteiger partial charge < -0.3 is 5.73 Å². The minimum absolute atomic E-state index is 0.339. The molecule has 0 aliphatic carbocycles. The highest BCUT2D eigenvalue weighted by Crippen LogP contribution is 2.09. The van der Waals surface area contributed by atoms with E-state index in [9.17, 15) is 0 Å². The first-order chi connectivity index (χ1) is 7.27. The maximum atomic E-state index is 8.69. The SMILES string of the molecule is CCCCCCCn1cc(C#N)c(N)n1. The van der Waals surface area contributed by atoms with Crippen molar-refractivity contribution in [1.29, 1.82) is 5.26 Å². The summed E-state index contributed by atoms with van der Waals surface area (Å²) in [6.07, 6.45) is 7.87. The Kier molecular flexibility index (Phi) is 4.69. The molecule has 82 valence electrons. The normalized spacial score (nSPS) is 10.1. The fourth-order valence-electron chi connectivity index (χ4n) is 1.51. The molecule has 1 heterocycles. The standard InChI is InChI=1S/C11H18N4/c1-2-3-4-5-6-7-15-9-10(8-12)11(13)14-15/h9H,2-7H2,1H3,(H2,13,14). The van der Waals surface area contributed by atoms with Gasteiger partial charge in [-0.1, -0.05) is 32.6 Å². The van der Waals surface area contributed by atoms with Crippen LogP contribution in [0.5, 0.6) is 0 Å². The zero-order valence-electron chi connectivity index (χ0n) is 9.24. The van der Waals surface area contributed by atoms with Crippen LogP contribution in [-0.2, 0) is 6.54 Å². The fraction of sp³-hybridized carbons (Fsp3) is 0.636. The number of hydrogen-bond donors (Lipinski definition) is 1. The average molecular weight is 206 g/mol. The van der Waals surface area contributed by atoms with Crippen LogP contribution in [0.3, 0.4) is 0 Å². The average Bonchev–Trinajstić information content (AvgIpc) is 2.59. The van der Waals surface area contributed by atoms with E-state index in [1.54, 1.807) is 10.9 Å². The number of anilines is 1. The van der Waals surface area contributed by atoms with Crippen LogP contribution in [0.4, 0.5) is 5.82 Å². The molecule has 2 N–H and O–H groups in total. The van der Waals surface area contributed by atoms with Gasteiger partial charge in [-0.05, 0) is 6.42 Å². The van der Waals surface area contributed by atoms with Gasteiger partial charge in [0.25, 0.3) is 0 Å². The Morgan fingerprint density at radius 3 is 2.73 bits per heavy atom. The lowest BCUT2D eigenvalue weighted by molar-refractivity contribution is 0.534. The van der Waals surface area contributed by atoms with Gasteiger partial charge in [0.1, 0.15) is 11.6 Å². The maximum Gasteiger partial charge on any atom is 0.163 e. The third-order valence-corrected chi connectivity index (χ3v) is 2.40. The summed E-state index contributed by atoms with van der Waals surface area (Å²) in [4.78, 5) is 0. The zero-order chi connectivity index (χ0) is 11.1. The molecule has 0 saturated heterocycles. The minimum Gasteiger partial charge on any atom is -0.381 e. The van der Waals surface area contributed by atoms with Gasteiger partial charge >= 0.3 is 0 Å². The van der Waals surface area contributed by atoms with E-state index >= 15 is 0 Å². The Bertz CT molecular complexity index is 335. The van der Waals surface area contributed by atoms with E-state index in [0.717, 1.165) is 13.0 Å². The Hall–Kier alpha value is -1.50. The van der Waals surface area contributed by atoms with Crippen molar-refractivity contribution < 1.29 is 0 Å². The van der Waals surface area contributed by atoms with Gasteiger partial charge in [-0.2, -0.15) is 10.4 Å². The van der Waals surface area contributed by atoms with Crippen molar-refractivity contribution >= 4 is 5.82 Å². The molecule has 4 nitrogen and oxygen atoms in total. The van der Waals surface area contributed by atoms with Crippen molar-refractivity contribution in [3.63, 3.8) is 0 Å². The summed E-state index contributed by atoms with van der Waals surface area (Å²) in [5, 5.41) is 12.8. The van der Waals surface area contributed by atoms with E-state index in [2.05, 4.69) is 12.0 Å². The molecule has 0 saturated carbocycles. The molecular weight excluding hydrogens is 188 g/mol. The molecule has 0 bridgehead atoms. The van der Waals surface area contributed by atoms with Gasteiger partial charge in [0, 0.05) is 12.7 Å². The van der Waals surface area contributed by atoms with Crippen LogP contribution in [0.1, 0.15) is 44.6 Å². The van der Waals surface area contributed by atoms with Crippen LogP contribution in [-0.4, -0.2) is 9.78 Å². The van der Waals surface area contributed by atoms with Crippen molar-refractivity contribution in [1.82, 2.24) is 9.78 Å². The molecule has 0 spiro atoms. The lowest BCUT2D eigenvalue weighted by Gasteiger charge is -2.00. The molecule has 0 amide bonds. The highest BCUT2D eigenvalue weighted by atomic mass is 15.3. The number of aryl methyl sites for hydroxylation is 1. The third kappa shape index (κ3) is 3.62. The quantitative estimate of drug-likeness (QED) is 0.726. The molecule has 0 aliphatic rings. The molecule has 0 radical (unpaired) electrons. The number of nitrogens with zero attached hydrogens (tertiary/aromatic N) is 3. The fourth-order valence-corrected chi connectivity index (χ4v) is 1.51. The van der Waals surface area contributed by atoms with Gasteiger partial charge in [-0.15, -0.1) is 0 Å². The first-order valence-corrected chi connectivity index (χ1v) is 5.51. The molecule has 1 aromatic heterocycles. The van der Waals surface area contributed by atoms with Gasteiger partial charge in [0.15, 0.2) is 5.82 Å². The number of hydrogen-bond acceptors (Lipinski definition) is 3. The summed E-state index contributed by atoms with van der Waals surface area (Å²) in [6.45, 7) is 3.06. The number of rotatable bonds is 6. The van der Waals surface area contributed by atoms with Crippen LogP contribution in [0.15, 0.2) is 6.20 Å². The molecule has 0 aliphatic heterocycles. The van der Waals surface area contributed by atoms with Crippen molar-refractivity contribution in [3.05, 3.63) is 11.8 Å². The van der Waals surface area contributed by atoms with Gasteiger partial charge in [-0.3, -0.25) is 4.68 Å². The summed E-state index contributed by atoms with van der Waals surface area (Å²) in [7, 11) is 0. The molecular formula is C11H18N4. The summed E-state index contributed by atoms with van der Waals surface area (Å²) < 4.78 is 1.76. The largest absolute Gasteiger partial charge is 0.381 e. The predicted octanol–water partition coefficient (Wildman–Crippen LogP) is 2.31. The van der Waals surface area contributed by atoms with Gasteiger partial charge in [0.2, 0.25) is 0 Å². The second-order valence-corrected chi connectivity index (χ2v) is 3.72. The van der Waals surface area contributed by atoms with Crippen molar-refractivity contribution in [2.24, 2.45) is 0 Å². The van der Waals surface area contributed by atoms with Crippen molar-refractivity contribution in [2.45, 2.75) is 45.6 Å². The smallest absolute Gasteiger partial charge is 0.163 e. The van der Waals surface area contributed by atoms with E-state index in [1.165, 1.54) is 25.7 Å². The topological polar surface area (TPSA) is 67.6 Å². The summed E-state index contributed by atoms with van der Waals surface area (Å²) >= 11 is 0. The number of aromatic nitrogens is 2. The summed E-state index contributed by atoms with van der Waals surface area (Å²) in [6, 6.07) is 2.02. The molecule has 0 atom stereocenters. The van der Waals surface area contributed by atoms with Crippen molar-refractivity contribution in [2.75, 3.05) is 5.73 Å². The third-order valence-electron chi connectivity index (χ3n) is 2.40. The molecule has 1 aromatic rings. The Labute approximate surface area is 90.7 Å². The molecule has 0 fully saturated rings. The Balaban J connectivity index is 2.29. The highest BCUT2D eigenvalue weighted by Gasteiger charge is 2.03. The first-order valence-electron chi connectivity index (χ1n) is 5.51. The molecule has 1 rings (SSSR count). The van der Waals surface area contributed by atoms with Crippen LogP contribution in [0.2, 0.25) is 0 Å². The van der Waals surface area contributed by atoms with E-state index in [-0.39, 0.29) is 0 Å². The second-order valence-electron chi connectivity index (χ2n) is 3.72. The number of nitriles is 1. The van der Waals surface area contributed by atoms with Crippen molar-refractivity contribution in [3.8, 4) is 6.07 Å². The molecule has 4 heteroatoms. The zero-order valence-corrected chi connectivity index (χ0v) is 9.24. The monoisotopic (exact) mass is 206 g/mol. The van der Waals surface area contributed by atoms with E-state index < -0.39 is 0 Å². The molecule has 0 unspecified atom stereocenters. The molecule has 0 aromatic carbocycles. The Morgan fingerprint density at radius 2 is 2.13 bits per heavy atom. The summed E-state index contributed by atoms with van der Waals surface area (Å²) in [5.41, 5.74) is 6.02. The predicted molar refractivity (Wildman–Crippen MR) is 60.1 cm³/mol. The lowest BCUT2D eigenvalue weighted by atomic mass is 10.1. The lowest BCUT2D eigenvalue weighted by Crippen LogP contribution is -1.99. The van der Waals surface area contributed by atoms with E-state index in [0.29, 0.717) is 11.4 Å². The van der Waals surface area contributed by atoms with Crippen LogP contribution < -0.4 is 5.73 Å².